The second kappa shape index (κ2) is 12.8. The topological polar surface area (TPSA) is 89.3 Å². The molecule has 0 unspecified atom stereocenters. The Bertz CT molecular complexity index is 368. The van der Waals surface area contributed by atoms with Gasteiger partial charge in [0.1, 0.15) is 6.54 Å². The molecule has 0 aliphatic carbocycles. The molecule has 126 valence electrons. The van der Waals surface area contributed by atoms with Gasteiger partial charge in [-0.05, 0) is 26.7 Å². The van der Waals surface area contributed by atoms with Crippen LogP contribution in [0.15, 0.2) is 10.1 Å². The number of ketones is 1. The Morgan fingerprint density at radius 3 is 2.18 bits per heavy atom. The summed E-state index contributed by atoms with van der Waals surface area (Å²) in [5.41, 5.74) is 2.41. The van der Waals surface area contributed by atoms with Crippen molar-refractivity contribution in [3.05, 3.63) is 0 Å². The number of carbonyl (C=O) groups is 2. The monoisotopic (exact) mass is 313 g/mol. The van der Waals surface area contributed by atoms with Gasteiger partial charge in [-0.15, -0.1) is 5.10 Å². The second-order valence-electron chi connectivity index (χ2n) is 4.61. The molecule has 0 aromatic carbocycles. The number of nitrogens with zero attached hydrogens (tertiary/aromatic N) is 2. The lowest BCUT2D eigenvalue weighted by atomic mass is 10.1. The van der Waals surface area contributed by atoms with Gasteiger partial charge in [-0.3, -0.25) is 9.59 Å². The first-order valence-corrected chi connectivity index (χ1v) is 7.61. The van der Waals surface area contributed by atoms with E-state index in [-0.39, 0.29) is 18.2 Å². The predicted molar refractivity (Wildman–Crippen MR) is 86.0 cm³/mol. The molecule has 0 fully saturated rings. The van der Waals surface area contributed by atoms with Crippen molar-refractivity contribution in [2.75, 3.05) is 19.8 Å². The van der Waals surface area contributed by atoms with E-state index in [4.69, 9.17) is 9.47 Å². The second-order valence-corrected chi connectivity index (χ2v) is 4.61. The van der Waals surface area contributed by atoms with Crippen LogP contribution in [-0.4, -0.2) is 43.2 Å². The van der Waals surface area contributed by atoms with Crippen LogP contribution in [-0.2, 0) is 19.1 Å². The minimum absolute atomic E-state index is 0.0460. The van der Waals surface area contributed by atoms with Crippen molar-refractivity contribution in [3.63, 3.8) is 0 Å². The molecule has 0 bridgehead atoms. The van der Waals surface area contributed by atoms with E-state index in [1.165, 1.54) is 0 Å². The van der Waals surface area contributed by atoms with Crippen LogP contribution in [0.1, 0.15) is 53.4 Å². The number of unbranched alkanes of at least 4 members (excludes halogenated alkanes) is 1. The first kappa shape index (κ1) is 20.1. The van der Waals surface area contributed by atoms with Crippen molar-refractivity contribution < 1.29 is 19.1 Å². The predicted octanol–water partition coefficient (Wildman–Crippen LogP) is 2.06. The van der Waals surface area contributed by atoms with Crippen LogP contribution in [0.2, 0.25) is 0 Å². The summed E-state index contributed by atoms with van der Waals surface area (Å²) < 4.78 is 10.2. The molecule has 0 saturated heterocycles. The average Bonchev–Trinajstić information content (AvgIpc) is 2.48. The van der Waals surface area contributed by atoms with Gasteiger partial charge >= 0.3 is 0 Å². The van der Waals surface area contributed by atoms with Crippen LogP contribution >= 0.6 is 0 Å². The zero-order valence-corrected chi connectivity index (χ0v) is 14.0. The van der Waals surface area contributed by atoms with E-state index >= 15 is 0 Å². The van der Waals surface area contributed by atoms with Crippen LogP contribution in [0, 0.1) is 0 Å². The summed E-state index contributed by atoms with van der Waals surface area (Å²) in [5.74, 6) is 0.813. The fraction of sp³-hybridized carbons (Fsp3) is 0.733. The van der Waals surface area contributed by atoms with Gasteiger partial charge in [0, 0.05) is 26.7 Å². The van der Waals surface area contributed by atoms with Crippen molar-refractivity contribution in [1.82, 2.24) is 5.43 Å². The maximum Gasteiger partial charge on any atom is 0.240 e. The van der Waals surface area contributed by atoms with E-state index in [2.05, 4.69) is 15.5 Å². The molecule has 0 aromatic rings. The minimum atomic E-state index is -0.184. The lowest BCUT2D eigenvalue weighted by molar-refractivity contribution is -0.122. The third-order valence-corrected chi connectivity index (χ3v) is 2.63. The lowest BCUT2D eigenvalue weighted by Crippen LogP contribution is -2.19. The SMILES string of the molecule is CCOC(C)=NCC(=O)CCCCC(=O)N/N=C(\C)OCC. The molecule has 0 aliphatic heterocycles. The highest BCUT2D eigenvalue weighted by atomic mass is 16.5. The van der Waals surface area contributed by atoms with Gasteiger partial charge in [-0.2, -0.15) is 0 Å². The number of hydrogen-bond acceptors (Lipinski definition) is 6. The van der Waals surface area contributed by atoms with Crippen molar-refractivity contribution in [2.45, 2.75) is 53.4 Å². The number of nitrogens with one attached hydrogen (secondary N) is 1. The maximum absolute atomic E-state index is 11.6. The molecule has 1 N–H and O–H groups in total. The Morgan fingerprint density at radius 2 is 1.55 bits per heavy atom. The minimum Gasteiger partial charge on any atom is -0.481 e. The summed E-state index contributed by atoms with van der Waals surface area (Å²) in [6, 6.07) is 0. The van der Waals surface area contributed by atoms with Crippen LogP contribution in [0.25, 0.3) is 0 Å². The zero-order valence-electron chi connectivity index (χ0n) is 14.0. The maximum atomic E-state index is 11.6. The molecule has 0 heterocycles. The van der Waals surface area contributed by atoms with E-state index in [1.807, 2.05) is 13.8 Å². The summed E-state index contributed by atoms with van der Waals surface area (Å²) in [7, 11) is 0. The number of hydrazone groups is 1. The van der Waals surface area contributed by atoms with E-state index in [0.717, 1.165) is 0 Å². The van der Waals surface area contributed by atoms with Gasteiger partial charge in [0.2, 0.25) is 11.8 Å². The summed E-state index contributed by atoms with van der Waals surface area (Å²) in [6.45, 7) is 8.31. The van der Waals surface area contributed by atoms with Crippen molar-refractivity contribution in [2.24, 2.45) is 10.1 Å². The van der Waals surface area contributed by atoms with Crippen LogP contribution in [0.5, 0.6) is 0 Å². The fourth-order valence-electron chi connectivity index (χ4n) is 1.58. The summed E-state index contributed by atoms with van der Waals surface area (Å²) >= 11 is 0. The number of aliphatic imine (C=N–C) groups is 1. The molecule has 7 heteroatoms. The van der Waals surface area contributed by atoms with E-state index in [0.29, 0.717) is 50.7 Å². The van der Waals surface area contributed by atoms with Crippen molar-refractivity contribution >= 4 is 23.5 Å². The standard InChI is InChI=1S/C15H27N3O4/c1-5-21-12(3)16-11-14(19)9-7-8-10-15(20)18-17-13(4)22-6-2/h5-11H2,1-4H3,(H,18,20)/b16-12?,17-13+. The van der Waals surface area contributed by atoms with E-state index < -0.39 is 0 Å². The van der Waals surface area contributed by atoms with Gasteiger partial charge in [0.15, 0.2) is 11.7 Å². The van der Waals surface area contributed by atoms with Gasteiger partial charge in [0.05, 0.1) is 13.2 Å². The Hall–Kier alpha value is -1.92. The first-order chi connectivity index (χ1) is 10.5. The Balaban J connectivity index is 3.75. The Labute approximate surface area is 132 Å². The molecular formula is C15H27N3O4. The average molecular weight is 313 g/mol. The highest BCUT2D eigenvalue weighted by molar-refractivity contribution is 5.84. The smallest absolute Gasteiger partial charge is 0.240 e. The van der Waals surface area contributed by atoms with Crippen LogP contribution < -0.4 is 5.43 Å². The molecule has 0 atom stereocenters. The molecule has 0 saturated carbocycles. The van der Waals surface area contributed by atoms with Gasteiger partial charge < -0.3 is 9.47 Å². The molecule has 0 radical (unpaired) electrons. The Kier molecular flexibility index (Phi) is 11.7. The largest absolute Gasteiger partial charge is 0.481 e. The number of amides is 1. The zero-order chi connectivity index (χ0) is 16.8. The first-order valence-electron chi connectivity index (χ1n) is 7.61. The number of Topliss-reactive ketones (excluding diaryl/α,β-unsaturated/α-hetero) is 1. The Morgan fingerprint density at radius 1 is 0.955 bits per heavy atom. The molecular weight excluding hydrogens is 286 g/mol. The normalized spacial score (nSPS) is 12.0. The molecule has 0 aromatic heterocycles. The number of ether oxygens (including phenoxy) is 2. The van der Waals surface area contributed by atoms with E-state index in [9.17, 15) is 9.59 Å². The van der Waals surface area contributed by atoms with Gasteiger partial charge in [-0.25, -0.2) is 10.4 Å². The van der Waals surface area contributed by atoms with Gasteiger partial charge in [-0.1, -0.05) is 0 Å². The summed E-state index contributed by atoms with van der Waals surface area (Å²) in [4.78, 5) is 27.1. The highest BCUT2D eigenvalue weighted by Crippen LogP contribution is 2.01. The number of rotatable bonds is 10. The highest BCUT2D eigenvalue weighted by Gasteiger charge is 2.04. The quantitative estimate of drug-likeness (QED) is 0.289. The lowest BCUT2D eigenvalue weighted by Gasteiger charge is -2.03. The molecule has 0 rings (SSSR count). The van der Waals surface area contributed by atoms with Gasteiger partial charge in [0.25, 0.3) is 0 Å². The summed E-state index contributed by atoms with van der Waals surface area (Å²) in [5, 5.41) is 3.79. The molecule has 7 nitrogen and oxygen atoms in total. The third-order valence-electron chi connectivity index (χ3n) is 2.63. The molecule has 1 amide bonds. The molecule has 0 aliphatic rings. The van der Waals surface area contributed by atoms with Crippen molar-refractivity contribution in [3.8, 4) is 0 Å². The fourth-order valence-corrected chi connectivity index (χ4v) is 1.58. The van der Waals surface area contributed by atoms with Crippen molar-refractivity contribution in [1.29, 1.82) is 0 Å². The molecule has 0 spiro atoms. The van der Waals surface area contributed by atoms with Crippen LogP contribution in [0.4, 0.5) is 0 Å². The number of carbonyl (C=O) groups excluding carboxylic acids is 2. The van der Waals surface area contributed by atoms with Crippen LogP contribution in [0.3, 0.4) is 0 Å². The molecule has 22 heavy (non-hydrogen) atoms. The summed E-state index contributed by atoms with van der Waals surface area (Å²) in [6.07, 6.45) is 2.04. The third kappa shape index (κ3) is 11.9. The van der Waals surface area contributed by atoms with E-state index in [1.54, 1.807) is 13.8 Å². The number of hydrogen-bond donors (Lipinski definition) is 1.